The fourth-order valence-corrected chi connectivity index (χ4v) is 2.74. The highest BCUT2D eigenvalue weighted by Gasteiger charge is 2.08. The van der Waals surface area contributed by atoms with Crippen molar-refractivity contribution in [1.29, 1.82) is 0 Å². The number of nitrogens with zero attached hydrogens (tertiary/aromatic N) is 2. The Morgan fingerprint density at radius 2 is 1.64 bits per heavy atom. The first-order chi connectivity index (χ1) is 12.1. The van der Waals surface area contributed by atoms with Crippen molar-refractivity contribution in [3.63, 3.8) is 0 Å². The number of rotatable bonds is 6. The van der Waals surface area contributed by atoms with Crippen molar-refractivity contribution in [2.75, 3.05) is 10.6 Å². The van der Waals surface area contributed by atoms with Gasteiger partial charge in [-0.05, 0) is 37.5 Å². The molecule has 25 heavy (non-hydrogen) atoms. The zero-order chi connectivity index (χ0) is 17.6. The van der Waals surface area contributed by atoms with Gasteiger partial charge in [-0.1, -0.05) is 54.6 Å². The first kappa shape index (κ1) is 17.0. The van der Waals surface area contributed by atoms with Crippen LogP contribution in [-0.2, 0) is 6.54 Å². The van der Waals surface area contributed by atoms with E-state index in [4.69, 9.17) is 0 Å². The highest BCUT2D eigenvalue weighted by Crippen LogP contribution is 2.18. The van der Waals surface area contributed by atoms with Crippen molar-refractivity contribution in [2.24, 2.45) is 0 Å². The van der Waals surface area contributed by atoms with Gasteiger partial charge in [0.15, 0.2) is 0 Å². The summed E-state index contributed by atoms with van der Waals surface area (Å²) < 4.78 is 0. The Morgan fingerprint density at radius 1 is 0.920 bits per heavy atom. The molecule has 0 aliphatic heterocycles. The quantitative estimate of drug-likeness (QED) is 0.675. The van der Waals surface area contributed by atoms with Gasteiger partial charge in [0.25, 0.3) is 0 Å². The van der Waals surface area contributed by atoms with Gasteiger partial charge in [0.2, 0.25) is 5.95 Å². The summed E-state index contributed by atoms with van der Waals surface area (Å²) in [6.45, 7) is 6.97. The van der Waals surface area contributed by atoms with Gasteiger partial charge in [-0.3, -0.25) is 0 Å². The van der Waals surface area contributed by atoms with E-state index in [0.717, 1.165) is 18.1 Å². The van der Waals surface area contributed by atoms with Gasteiger partial charge in [-0.2, -0.15) is 4.98 Å². The van der Waals surface area contributed by atoms with Crippen LogP contribution in [0.1, 0.15) is 35.3 Å². The zero-order valence-corrected chi connectivity index (χ0v) is 15.0. The predicted molar refractivity (Wildman–Crippen MR) is 104 cm³/mol. The number of benzene rings is 2. The Morgan fingerprint density at radius 3 is 2.40 bits per heavy atom. The van der Waals surface area contributed by atoms with Crippen LogP contribution in [-0.4, -0.2) is 9.97 Å². The summed E-state index contributed by atoms with van der Waals surface area (Å²) in [6, 6.07) is 20.8. The molecule has 0 amide bonds. The van der Waals surface area contributed by atoms with E-state index < -0.39 is 0 Å². The van der Waals surface area contributed by atoms with Crippen molar-refractivity contribution in [1.82, 2.24) is 9.97 Å². The van der Waals surface area contributed by atoms with Crippen molar-refractivity contribution < 1.29 is 0 Å². The molecule has 1 aromatic heterocycles. The second kappa shape index (κ2) is 7.79. The molecule has 3 rings (SSSR count). The van der Waals surface area contributed by atoms with Crippen LogP contribution in [0.2, 0.25) is 0 Å². The van der Waals surface area contributed by atoms with Crippen molar-refractivity contribution in [2.45, 2.75) is 33.4 Å². The van der Waals surface area contributed by atoms with Crippen molar-refractivity contribution in [3.8, 4) is 0 Å². The average molecular weight is 332 g/mol. The summed E-state index contributed by atoms with van der Waals surface area (Å²) in [5, 5.41) is 6.79. The van der Waals surface area contributed by atoms with Gasteiger partial charge in [-0.15, -0.1) is 0 Å². The lowest BCUT2D eigenvalue weighted by molar-refractivity contribution is 0.856. The molecule has 3 aromatic rings. The lowest BCUT2D eigenvalue weighted by Crippen LogP contribution is -2.11. The molecule has 2 N–H and O–H groups in total. The van der Waals surface area contributed by atoms with E-state index >= 15 is 0 Å². The van der Waals surface area contributed by atoms with Gasteiger partial charge < -0.3 is 10.6 Å². The van der Waals surface area contributed by atoms with E-state index in [9.17, 15) is 0 Å². The Hall–Kier alpha value is -2.88. The molecule has 0 spiro atoms. The standard InChI is InChI=1S/C21H24N4/c1-15-9-7-8-12-19(15)14-22-20-13-16(2)23-21(25-20)24-17(3)18-10-5-4-6-11-18/h4-13,17H,14H2,1-3H3,(H2,22,23,24,25). The first-order valence-electron chi connectivity index (χ1n) is 8.57. The molecule has 1 heterocycles. The van der Waals surface area contributed by atoms with Gasteiger partial charge in [0.1, 0.15) is 5.82 Å². The highest BCUT2D eigenvalue weighted by atomic mass is 15.2. The minimum Gasteiger partial charge on any atom is -0.366 e. The maximum Gasteiger partial charge on any atom is 0.225 e. The van der Waals surface area contributed by atoms with Crippen molar-refractivity contribution in [3.05, 3.63) is 83.0 Å². The fourth-order valence-electron chi connectivity index (χ4n) is 2.74. The predicted octanol–water partition coefficient (Wildman–Crippen LogP) is 4.88. The minimum atomic E-state index is 0.146. The van der Waals surface area contributed by atoms with Crippen LogP contribution in [0.4, 0.5) is 11.8 Å². The SMILES string of the molecule is Cc1cc(NCc2ccccc2C)nc(NC(C)c2ccccc2)n1. The van der Waals surface area contributed by atoms with Gasteiger partial charge in [0.05, 0.1) is 6.04 Å². The summed E-state index contributed by atoms with van der Waals surface area (Å²) in [6.07, 6.45) is 0. The second-order valence-electron chi connectivity index (χ2n) is 6.27. The number of aryl methyl sites for hydroxylation is 2. The molecule has 0 aliphatic carbocycles. The zero-order valence-electron chi connectivity index (χ0n) is 15.0. The number of hydrogen-bond donors (Lipinski definition) is 2. The third-order valence-corrected chi connectivity index (χ3v) is 4.22. The van der Waals surface area contributed by atoms with Crippen LogP contribution in [0.5, 0.6) is 0 Å². The molecule has 0 aliphatic rings. The molecule has 128 valence electrons. The molecule has 4 nitrogen and oxygen atoms in total. The van der Waals surface area contributed by atoms with E-state index in [1.54, 1.807) is 0 Å². The molecule has 0 fully saturated rings. The third kappa shape index (κ3) is 4.57. The number of anilines is 2. The highest BCUT2D eigenvalue weighted by molar-refractivity contribution is 5.44. The van der Waals surface area contributed by atoms with Gasteiger partial charge in [-0.25, -0.2) is 4.98 Å². The lowest BCUT2D eigenvalue weighted by atomic mass is 10.1. The van der Waals surface area contributed by atoms with Crippen LogP contribution in [0.15, 0.2) is 60.7 Å². The largest absolute Gasteiger partial charge is 0.366 e. The normalized spacial score (nSPS) is 11.8. The van der Waals surface area contributed by atoms with Crippen LogP contribution in [0.25, 0.3) is 0 Å². The molecule has 1 atom stereocenters. The van der Waals surface area contributed by atoms with E-state index in [2.05, 4.69) is 70.8 Å². The van der Waals surface area contributed by atoms with E-state index in [0.29, 0.717) is 5.95 Å². The van der Waals surface area contributed by atoms with Gasteiger partial charge in [0, 0.05) is 18.3 Å². The summed E-state index contributed by atoms with van der Waals surface area (Å²) in [5.41, 5.74) is 4.69. The summed E-state index contributed by atoms with van der Waals surface area (Å²) in [5.74, 6) is 1.47. The summed E-state index contributed by atoms with van der Waals surface area (Å²) in [4.78, 5) is 9.12. The van der Waals surface area contributed by atoms with E-state index in [1.165, 1.54) is 16.7 Å². The number of aromatic nitrogens is 2. The Balaban J connectivity index is 1.71. The molecular formula is C21H24N4. The van der Waals surface area contributed by atoms with Crippen molar-refractivity contribution >= 4 is 11.8 Å². The van der Waals surface area contributed by atoms with Crippen LogP contribution in [0.3, 0.4) is 0 Å². The molecular weight excluding hydrogens is 308 g/mol. The monoisotopic (exact) mass is 332 g/mol. The van der Waals surface area contributed by atoms with Gasteiger partial charge >= 0.3 is 0 Å². The number of nitrogens with one attached hydrogen (secondary N) is 2. The summed E-state index contributed by atoms with van der Waals surface area (Å²) >= 11 is 0. The molecule has 2 aromatic carbocycles. The molecule has 4 heteroatoms. The van der Waals surface area contributed by atoms with E-state index in [-0.39, 0.29) is 6.04 Å². The molecule has 1 unspecified atom stereocenters. The molecule has 0 saturated carbocycles. The minimum absolute atomic E-state index is 0.146. The second-order valence-corrected chi connectivity index (χ2v) is 6.27. The topological polar surface area (TPSA) is 49.8 Å². The molecule has 0 saturated heterocycles. The fraction of sp³-hybridized carbons (Fsp3) is 0.238. The lowest BCUT2D eigenvalue weighted by Gasteiger charge is -2.16. The molecule has 0 bridgehead atoms. The van der Waals surface area contributed by atoms with E-state index in [1.807, 2.05) is 31.2 Å². The van der Waals surface area contributed by atoms with Crippen LogP contribution >= 0.6 is 0 Å². The number of hydrogen-bond acceptors (Lipinski definition) is 4. The Bertz CT molecular complexity index is 830. The van der Waals surface area contributed by atoms with Crippen LogP contribution < -0.4 is 10.6 Å². The summed E-state index contributed by atoms with van der Waals surface area (Å²) in [7, 11) is 0. The Kier molecular flexibility index (Phi) is 5.29. The maximum atomic E-state index is 4.61. The third-order valence-electron chi connectivity index (χ3n) is 4.22. The Labute approximate surface area is 149 Å². The van der Waals surface area contributed by atoms with Crippen LogP contribution in [0, 0.1) is 13.8 Å². The molecule has 0 radical (unpaired) electrons. The first-order valence-corrected chi connectivity index (χ1v) is 8.57. The smallest absolute Gasteiger partial charge is 0.225 e. The maximum absolute atomic E-state index is 4.61. The average Bonchev–Trinajstić information content (AvgIpc) is 2.61.